The highest BCUT2D eigenvalue weighted by Gasteiger charge is 2.35. The third-order valence-corrected chi connectivity index (χ3v) is 5.64. The Bertz CT molecular complexity index is 961. The quantitative estimate of drug-likeness (QED) is 0.456. The fourth-order valence-electron chi connectivity index (χ4n) is 3.11. The molecule has 1 N–H and O–H groups in total. The molecular weight excluding hydrogens is 440 g/mol. The van der Waals surface area contributed by atoms with Gasteiger partial charge in [-0.05, 0) is 54.8 Å². The van der Waals surface area contributed by atoms with Gasteiger partial charge in [0.25, 0.3) is 17.7 Å². The van der Waals surface area contributed by atoms with Crippen molar-refractivity contribution in [2.75, 3.05) is 25.2 Å². The molecule has 0 spiro atoms. The number of hydrogen-bond donors (Lipinski definition) is 1. The maximum atomic E-state index is 12.6. The number of halogens is 1. The summed E-state index contributed by atoms with van der Waals surface area (Å²) in [7, 11) is 0. The third-order valence-electron chi connectivity index (χ3n) is 4.74. The Morgan fingerprint density at radius 2 is 1.68 bits per heavy atom. The monoisotopic (exact) mass is 460 g/mol. The normalized spacial score (nSPS) is 13.7. The first kappa shape index (κ1) is 22.8. The molecule has 1 aliphatic rings. The molecule has 1 heterocycles. The number of carbonyl (C=O) groups excluding carboxylic acids is 4. The van der Waals surface area contributed by atoms with Gasteiger partial charge < -0.3 is 10.1 Å². The van der Waals surface area contributed by atoms with Crippen LogP contribution in [0, 0.1) is 0 Å². The van der Waals surface area contributed by atoms with Crippen LogP contribution in [0.25, 0.3) is 0 Å². The number of rotatable bonds is 9. The first-order chi connectivity index (χ1) is 14.9. The average molecular weight is 461 g/mol. The van der Waals surface area contributed by atoms with Crippen LogP contribution >= 0.6 is 23.4 Å². The van der Waals surface area contributed by atoms with Crippen LogP contribution in [0.1, 0.15) is 37.5 Å². The number of esters is 1. The van der Waals surface area contributed by atoms with Crippen LogP contribution < -0.4 is 5.32 Å². The lowest BCUT2D eigenvalue weighted by atomic mass is 10.1. The third kappa shape index (κ3) is 5.45. The first-order valence-corrected chi connectivity index (χ1v) is 11.4. The standard InChI is InChI=1S/C22H21ClN2O5S/c1-31-13-10-18(24-19(26)14-6-8-15(23)9-7-14)22(29)30-12-11-25-20(27)16-4-2-3-5-17(16)21(25)28/h2-9,18H,10-13H2,1H3,(H,24,26)/t18-/m0/s1. The van der Waals surface area contributed by atoms with Gasteiger partial charge in [0.2, 0.25) is 0 Å². The van der Waals surface area contributed by atoms with Crippen molar-refractivity contribution in [1.29, 1.82) is 0 Å². The molecule has 0 unspecified atom stereocenters. The van der Waals surface area contributed by atoms with E-state index in [2.05, 4.69) is 5.32 Å². The number of nitrogens with one attached hydrogen (secondary N) is 1. The molecule has 0 fully saturated rings. The number of amides is 3. The van der Waals surface area contributed by atoms with E-state index in [1.54, 1.807) is 48.5 Å². The fourth-order valence-corrected chi connectivity index (χ4v) is 3.71. The van der Waals surface area contributed by atoms with Gasteiger partial charge in [-0.1, -0.05) is 23.7 Å². The maximum absolute atomic E-state index is 12.6. The number of imide groups is 1. The molecule has 1 aliphatic heterocycles. The van der Waals surface area contributed by atoms with Gasteiger partial charge in [0.05, 0.1) is 17.7 Å². The lowest BCUT2D eigenvalue weighted by Crippen LogP contribution is -2.43. The first-order valence-electron chi connectivity index (χ1n) is 9.59. The van der Waals surface area contributed by atoms with Crippen LogP contribution in [0.15, 0.2) is 48.5 Å². The largest absolute Gasteiger partial charge is 0.462 e. The highest BCUT2D eigenvalue weighted by Crippen LogP contribution is 2.22. The lowest BCUT2D eigenvalue weighted by molar-refractivity contribution is -0.146. The maximum Gasteiger partial charge on any atom is 0.328 e. The molecule has 0 saturated heterocycles. The fraction of sp³-hybridized carbons (Fsp3) is 0.273. The summed E-state index contributed by atoms with van der Waals surface area (Å²) >= 11 is 7.38. The molecule has 31 heavy (non-hydrogen) atoms. The second-order valence-electron chi connectivity index (χ2n) is 6.79. The minimum atomic E-state index is -0.849. The zero-order valence-electron chi connectivity index (χ0n) is 16.8. The molecule has 0 bridgehead atoms. The van der Waals surface area contributed by atoms with E-state index in [4.69, 9.17) is 16.3 Å². The Kier molecular flexibility index (Phi) is 7.70. The number of ether oxygens (including phenoxy) is 1. The molecule has 0 aliphatic carbocycles. The van der Waals surface area contributed by atoms with Crippen LogP contribution in [0.2, 0.25) is 5.02 Å². The Morgan fingerprint density at radius 1 is 1.06 bits per heavy atom. The SMILES string of the molecule is CSCC[C@H](NC(=O)c1ccc(Cl)cc1)C(=O)OCCN1C(=O)c2ccccc2C1=O. The summed E-state index contributed by atoms with van der Waals surface area (Å²) in [5.41, 5.74) is 1.05. The summed E-state index contributed by atoms with van der Waals surface area (Å²) in [6, 6.07) is 12.0. The van der Waals surface area contributed by atoms with E-state index in [1.165, 1.54) is 11.8 Å². The molecule has 1 atom stereocenters. The van der Waals surface area contributed by atoms with Gasteiger partial charge in [0, 0.05) is 10.6 Å². The van der Waals surface area contributed by atoms with E-state index in [9.17, 15) is 19.2 Å². The summed E-state index contributed by atoms with van der Waals surface area (Å²) in [4.78, 5) is 50.8. The molecule has 0 aromatic heterocycles. The van der Waals surface area contributed by atoms with Crippen molar-refractivity contribution in [1.82, 2.24) is 10.2 Å². The Morgan fingerprint density at radius 3 is 2.26 bits per heavy atom. The summed E-state index contributed by atoms with van der Waals surface area (Å²) in [5, 5.41) is 3.18. The molecule has 0 radical (unpaired) electrons. The van der Waals surface area contributed by atoms with Crippen molar-refractivity contribution in [2.24, 2.45) is 0 Å². The predicted octanol–water partition coefficient (Wildman–Crippen LogP) is 3.03. The lowest BCUT2D eigenvalue weighted by Gasteiger charge is -2.19. The second kappa shape index (κ2) is 10.5. The molecule has 9 heteroatoms. The van der Waals surface area contributed by atoms with Crippen LogP contribution in [-0.2, 0) is 9.53 Å². The highest BCUT2D eigenvalue weighted by molar-refractivity contribution is 7.98. The number of hydrogen-bond acceptors (Lipinski definition) is 6. The molecule has 2 aromatic rings. The van der Waals surface area contributed by atoms with Gasteiger partial charge in [0.15, 0.2) is 0 Å². The number of carbonyl (C=O) groups is 4. The second-order valence-corrected chi connectivity index (χ2v) is 8.21. The summed E-state index contributed by atoms with van der Waals surface area (Å²) in [6.07, 6.45) is 2.28. The predicted molar refractivity (Wildman–Crippen MR) is 118 cm³/mol. The van der Waals surface area contributed by atoms with E-state index in [0.29, 0.717) is 33.9 Å². The molecule has 7 nitrogen and oxygen atoms in total. The van der Waals surface area contributed by atoms with Crippen molar-refractivity contribution < 1.29 is 23.9 Å². The highest BCUT2D eigenvalue weighted by atomic mass is 35.5. The topological polar surface area (TPSA) is 92.8 Å². The van der Waals surface area contributed by atoms with Crippen molar-refractivity contribution >= 4 is 47.1 Å². The van der Waals surface area contributed by atoms with Crippen LogP contribution in [0.5, 0.6) is 0 Å². The summed E-state index contributed by atoms with van der Waals surface area (Å²) < 4.78 is 5.28. The van der Waals surface area contributed by atoms with Crippen LogP contribution in [0.4, 0.5) is 0 Å². The number of nitrogens with zero attached hydrogens (tertiary/aromatic N) is 1. The molecule has 2 aromatic carbocycles. The van der Waals surface area contributed by atoms with Crippen LogP contribution in [-0.4, -0.2) is 59.8 Å². The van der Waals surface area contributed by atoms with Gasteiger partial charge in [-0.2, -0.15) is 11.8 Å². The van der Waals surface area contributed by atoms with Gasteiger partial charge in [-0.15, -0.1) is 0 Å². The Hall–Kier alpha value is -2.84. The number of fused-ring (bicyclic) bond motifs is 1. The van der Waals surface area contributed by atoms with E-state index >= 15 is 0 Å². The molecule has 0 saturated carbocycles. The Labute approximate surface area is 189 Å². The van der Waals surface area contributed by atoms with E-state index in [0.717, 1.165) is 4.90 Å². The van der Waals surface area contributed by atoms with Gasteiger partial charge in [-0.3, -0.25) is 19.3 Å². The van der Waals surface area contributed by atoms with E-state index < -0.39 is 29.7 Å². The smallest absolute Gasteiger partial charge is 0.328 e. The molecule has 162 valence electrons. The minimum Gasteiger partial charge on any atom is -0.462 e. The molecule has 3 rings (SSSR count). The van der Waals surface area contributed by atoms with Gasteiger partial charge >= 0.3 is 5.97 Å². The molecular formula is C22H21ClN2O5S. The van der Waals surface area contributed by atoms with Crippen LogP contribution in [0.3, 0.4) is 0 Å². The number of thioether (sulfide) groups is 1. The minimum absolute atomic E-state index is 0.0571. The summed E-state index contributed by atoms with van der Waals surface area (Å²) in [6.45, 7) is -0.213. The molecule has 3 amide bonds. The van der Waals surface area contributed by atoms with Gasteiger partial charge in [-0.25, -0.2) is 4.79 Å². The average Bonchev–Trinajstić information content (AvgIpc) is 3.02. The Balaban J connectivity index is 1.57. The zero-order chi connectivity index (χ0) is 22.4. The van der Waals surface area contributed by atoms with Crippen molar-refractivity contribution in [3.63, 3.8) is 0 Å². The van der Waals surface area contributed by atoms with Gasteiger partial charge in [0.1, 0.15) is 12.6 Å². The number of benzene rings is 2. The van der Waals surface area contributed by atoms with E-state index in [1.807, 2.05) is 6.26 Å². The van der Waals surface area contributed by atoms with E-state index in [-0.39, 0.29) is 13.2 Å². The zero-order valence-corrected chi connectivity index (χ0v) is 18.4. The van der Waals surface area contributed by atoms with Crippen molar-refractivity contribution in [2.45, 2.75) is 12.5 Å². The van der Waals surface area contributed by atoms with Crippen molar-refractivity contribution in [3.05, 3.63) is 70.2 Å². The summed E-state index contributed by atoms with van der Waals surface area (Å²) in [5.74, 6) is -1.22. The van der Waals surface area contributed by atoms with Crippen molar-refractivity contribution in [3.8, 4) is 0 Å².